The molecular formula is C28H25NO4S4. The molecule has 0 saturated heterocycles. The van der Waals surface area contributed by atoms with Gasteiger partial charge in [-0.25, -0.2) is 0 Å². The zero-order chi connectivity index (χ0) is 26.1. The Bertz CT molecular complexity index is 1450. The van der Waals surface area contributed by atoms with Gasteiger partial charge in [0.1, 0.15) is 5.78 Å². The lowest BCUT2D eigenvalue weighted by Crippen LogP contribution is -2.17. The largest absolute Gasteiger partial charge is 0.370 e. The first kappa shape index (κ1) is 25.9. The molecule has 0 saturated carbocycles. The molecular weight excluding hydrogens is 543 g/mol. The molecule has 4 aromatic rings. The minimum Gasteiger partial charge on any atom is -0.370 e. The van der Waals surface area contributed by atoms with Crippen molar-refractivity contribution in [2.24, 2.45) is 5.73 Å². The highest BCUT2D eigenvalue weighted by Crippen LogP contribution is 2.51. The van der Waals surface area contributed by atoms with Crippen LogP contribution in [0.1, 0.15) is 46.1 Å². The Hall–Kier alpha value is -2.72. The molecule has 0 bridgehead atoms. The number of nitrogens with two attached hydrogens (primary N) is 1. The van der Waals surface area contributed by atoms with E-state index in [9.17, 15) is 18.0 Å². The molecule has 2 atom stereocenters. The van der Waals surface area contributed by atoms with Crippen LogP contribution in [0.25, 0.3) is 20.9 Å². The van der Waals surface area contributed by atoms with E-state index in [-0.39, 0.29) is 28.5 Å². The van der Waals surface area contributed by atoms with Gasteiger partial charge in [-0.3, -0.25) is 18.0 Å². The number of fused-ring (bicyclic) bond motifs is 6. The number of carbonyl (C=O) groups is 2. The molecule has 2 N–H and O–H groups in total. The zero-order valence-electron chi connectivity index (χ0n) is 20.0. The molecule has 5 nitrogen and oxygen atoms in total. The van der Waals surface area contributed by atoms with Crippen LogP contribution in [-0.4, -0.2) is 31.6 Å². The van der Waals surface area contributed by atoms with Gasteiger partial charge in [-0.05, 0) is 63.2 Å². The van der Waals surface area contributed by atoms with E-state index in [1.807, 2.05) is 59.3 Å². The highest BCUT2D eigenvalue weighted by molar-refractivity contribution is 7.86. The van der Waals surface area contributed by atoms with Gasteiger partial charge in [0.15, 0.2) is 0 Å². The molecule has 2 unspecified atom stereocenters. The second-order valence-electron chi connectivity index (χ2n) is 8.87. The summed E-state index contributed by atoms with van der Waals surface area (Å²) < 4.78 is 24.9. The highest BCUT2D eigenvalue weighted by atomic mass is 32.2. The molecule has 190 valence electrons. The van der Waals surface area contributed by atoms with Gasteiger partial charge in [-0.2, -0.15) is 0 Å². The van der Waals surface area contributed by atoms with Crippen LogP contribution in [-0.2, 0) is 31.2 Å². The summed E-state index contributed by atoms with van der Waals surface area (Å²) in [5, 5.41) is 3.82. The Morgan fingerprint density at radius 1 is 0.757 bits per heavy atom. The van der Waals surface area contributed by atoms with Crippen LogP contribution < -0.4 is 5.73 Å². The number of Topliss-reactive ketones (excluding diaryl/α,β-unsaturated/α-hetero) is 1. The van der Waals surface area contributed by atoms with E-state index >= 15 is 0 Å². The van der Waals surface area contributed by atoms with Crippen molar-refractivity contribution in [3.8, 4) is 20.9 Å². The van der Waals surface area contributed by atoms with E-state index in [2.05, 4.69) is 12.1 Å². The van der Waals surface area contributed by atoms with Gasteiger partial charge in [-0.1, -0.05) is 48.5 Å². The van der Waals surface area contributed by atoms with Crippen LogP contribution in [0.4, 0.5) is 0 Å². The predicted octanol–water partition coefficient (Wildman–Crippen LogP) is 5.60. The van der Waals surface area contributed by atoms with E-state index < -0.39 is 27.5 Å². The fraction of sp³-hybridized carbons (Fsp3) is 0.214. The fourth-order valence-electron chi connectivity index (χ4n) is 4.87. The molecule has 9 heteroatoms. The molecule has 0 aliphatic heterocycles. The third kappa shape index (κ3) is 5.05. The second kappa shape index (κ2) is 10.9. The van der Waals surface area contributed by atoms with E-state index in [4.69, 9.17) is 5.73 Å². The van der Waals surface area contributed by atoms with Crippen molar-refractivity contribution < 1.29 is 18.0 Å². The number of primary amides is 1. The van der Waals surface area contributed by atoms with Crippen molar-refractivity contribution in [3.63, 3.8) is 0 Å². The Morgan fingerprint density at radius 2 is 1.24 bits per heavy atom. The lowest BCUT2D eigenvalue weighted by Gasteiger charge is -2.12. The molecule has 2 heterocycles. The molecule has 0 spiro atoms. The summed E-state index contributed by atoms with van der Waals surface area (Å²) in [6, 6.07) is 20.1. The molecule has 2 aromatic carbocycles. The normalized spacial score (nSPS) is 15.1. The quantitative estimate of drug-likeness (QED) is 0.315. The highest BCUT2D eigenvalue weighted by Gasteiger charge is 2.35. The summed E-state index contributed by atoms with van der Waals surface area (Å²) in [7, 11) is -2.28. The monoisotopic (exact) mass is 567 g/mol. The molecule has 1 amide bonds. The standard InChI is InChI=1S/C16H15NO2S.C12H10O2S3/c17-15(18)9-10-20(19)16-13-7-3-1-5-11(13)12-6-2-4-8-14(12)16;1-7(13)6-17(14)12-8-2-4-15-10(8)11-9(12)3-5-16-11/h1-8,16H,9-10H2,(H2,17,18);2-5,12H,6H2,1H3. The summed E-state index contributed by atoms with van der Waals surface area (Å²) in [5.74, 6) is 0.0412. The number of benzene rings is 2. The van der Waals surface area contributed by atoms with Crippen molar-refractivity contribution in [2.45, 2.75) is 23.8 Å². The summed E-state index contributed by atoms with van der Waals surface area (Å²) in [6.45, 7) is 1.50. The van der Waals surface area contributed by atoms with Gasteiger partial charge in [-0.15, -0.1) is 22.7 Å². The van der Waals surface area contributed by atoms with Gasteiger partial charge in [0.05, 0.1) is 16.3 Å². The number of hydrogen-bond donors (Lipinski definition) is 1. The molecule has 2 aliphatic carbocycles. The average Bonchev–Trinajstić information content (AvgIpc) is 3.63. The Labute approximate surface area is 228 Å². The van der Waals surface area contributed by atoms with Crippen molar-refractivity contribution in [3.05, 3.63) is 93.7 Å². The lowest BCUT2D eigenvalue weighted by molar-refractivity contribution is -0.117. The van der Waals surface area contributed by atoms with Crippen LogP contribution in [0.2, 0.25) is 0 Å². The predicted molar refractivity (Wildman–Crippen MR) is 154 cm³/mol. The van der Waals surface area contributed by atoms with E-state index in [0.29, 0.717) is 5.75 Å². The summed E-state index contributed by atoms with van der Waals surface area (Å²) >= 11 is 3.38. The first-order valence-electron chi connectivity index (χ1n) is 11.7. The Kier molecular flexibility index (Phi) is 7.67. The average molecular weight is 568 g/mol. The molecule has 0 fully saturated rings. The van der Waals surface area contributed by atoms with Crippen LogP contribution in [0.5, 0.6) is 0 Å². The Balaban J connectivity index is 0.000000153. The van der Waals surface area contributed by atoms with Crippen molar-refractivity contribution in [1.29, 1.82) is 0 Å². The number of carbonyl (C=O) groups excluding carboxylic acids is 2. The molecule has 37 heavy (non-hydrogen) atoms. The maximum Gasteiger partial charge on any atom is 0.218 e. The Morgan fingerprint density at radius 3 is 1.73 bits per heavy atom. The maximum absolute atomic E-state index is 12.6. The number of hydrogen-bond acceptors (Lipinski definition) is 6. The summed E-state index contributed by atoms with van der Waals surface area (Å²) in [6.07, 6.45) is 0.160. The molecule has 0 radical (unpaired) electrons. The van der Waals surface area contributed by atoms with Gasteiger partial charge in [0.2, 0.25) is 5.91 Å². The minimum absolute atomic E-state index is 0.0104. The van der Waals surface area contributed by atoms with Gasteiger partial charge in [0.25, 0.3) is 0 Å². The minimum atomic E-state index is -1.14. The maximum atomic E-state index is 12.6. The van der Waals surface area contributed by atoms with Crippen molar-refractivity contribution in [1.82, 2.24) is 0 Å². The second-order valence-corrected chi connectivity index (χ2v) is 13.9. The van der Waals surface area contributed by atoms with Gasteiger partial charge >= 0.3 is 0 Å². The van der Waals surface area contributed by atoms with E-state index in [1.165, 1.54) is 16.7 Å². The number of amides is 1. The lowest BCUT2D eigenvalue weighted by atomic mass is 10.1. The van der Waals surface area contributed by atoms with Crippen molar-refractivity contribution >= 4 is 56.0 Å². The summed E-state index contributed by atoms with van der Waals surface area (Å²) in [4.78, 5) is 24.5. The van der Waals surface area contributed by atoms with E-state index in [1.54, 1.807) is 22.7 Å². The molecule has 6 rings (SSSR count). The van der Waals surface area contributed by atoms with Crippen LogP contribution in [0.3, 0.4) is 0 Å². The number of rotatable bonds is 7. The first-order chi connectivity index (χ1) is 17.9. The fourth-order valence-corrected chi connectivity index (χ4v) is 10.2. The van der Waals surface area contributed by atoms with Gasteiger partial charge in [0, 0.05) is 43.5 Å². The number of ketones is 1. The third-order valence-electron chi connectivity index (χ3n) is 6.36. The zero-order valence-corrected chi connectivity index (χ0v) is 23.3. The molecule has 2 aromatic heterocycles. The third-order valence-corrected chi connectivity index (χ3v) is 11.7. The van der Waals surface area contributed by atoms with Crippen molar-refractivity contribution in [2.75, 3.05) is 11.5 Å². The summed E-state index contributed by atoms with van der Waals surface area (Å²) in [5.41, 5.74) is 11.9. The SMILES string of the molecule is CC(=O)CS(=O)C1c2ccsc2-c2sccc21.NC(=O)CCS(=O)C1c2ccccc2-c2ccccc21. The first-order valence-corrected chi connectivity index (χ1v) is 16.2. The number of thiophene rings is 2. The van der Waals surface area contributed by atoms with Crippen LogP contribution in [0.15, 0.2) is 71.4 Å². The van der Waals surface area contributed by atoms with Crippen LogP contribution in [0, 0.1) is 0 Å². The molecule has 2 aliphatic rings. The van der Waals surface area contributed by atoms with Gasteiger partial charge < -0.3 is 5.73 Å². The van der Waals surface area contributed by atoms with Crippen LogP contribution >= 0.6 is 22.7 Å². The topological polar surface area (TPSA) is 94.3 Å². The smallest absolute Gasteiger partial charge is 0.218 e. The van der Waals surface area contributed by atoms with E-state index in [0.717, 1.165) is 33.4 Å².